The third kappa shape index (κ3) is 4.12. The molecule has 0 spiro atoms. The summed E-state index contributed by atoms with van der Waals surface area (Å²) >= 11 is 0. The van der Waals surface area contributed by atoms with Crippen molar-refractivity contribution in [2.45, 2.75) is 71.9 Å². The molecule has 0 bridgehead atoms. The normalized spacial score (nSPS) is 18.7. The van der Waals surface area contributed by atoms with Crippen molar-refractivity contribution in [3.63, 3.8) is 0 Å². The Morgan fingerprint density at radius 1 is 1.00 bits per heavy atom. The molecule has 1 fully saturated rings. The van der Waals surface area contributed by atoms with Gasteiger partial charge in [-0.15, -0.1) is 0 Å². The van der Waals surface area contributed by atoms with Crippen LogP contribution in [0.5, 0.6) is 0 Å². The van der Waals surface area contributed by atoms with Crippen LogP contribution in [-0.4, -0.2) is 23.5 Å². The minimum absolute atomic E-state index is 0.356. The Hall–Kier alpha value is -0.0400. The van der Waals surface area contributed by atoms with E-state index in [1.54, 1.807) is 0 Å². The van der Waals surface area contributed by atoms with Gasteiger partial charge < -0.3 is 0 Å². The smallest absolute Gasteiger partial charge is 0.0124 e. The summed E-state index contributed by atoms with van der Waals surface area (Å²) in [7, 11) is 2.26. The van der Waals surface area contributed by atoms with Crippen LogP contribution >= 0.6 is 0 Å². The van der Waals surface area contributed by atoms with Gasteiger partial charge in [-0.1, -0.05) is 26.7 Å². The fourth-order valence-electron chi connectivity index (χ4n) is 1.84. The lowest BCUT2D eigenvalue weighted by atomic mass is 10.0. The maximum atomic E-state index is 2.53. The summed E-state index contributed by atoms with van der Waals surface area (Å²) in [6.07, 6.45) is 5.69. The number of hydrogen-bond donors (Lipinski definition) is 0. The fourth-order valence-corrected chi connectivity index (χ4v) is 1.84. The molecule has 0 radical (unpaired) electrons. The first-order chi connectivity index (χ1) is 6.02. The number of hydrogen-bond acceptors (Lipinski definition) is 1. The first kappa shape index (κ1) is 13.0. The van der Waals surface area contributed by atoms with E-state index >= 15 is 0 Å². The molecule has 0 saturated heterocycles. The van der Waals surface area contributed by atoms with Gasteiger partial charge in [0, 0.05) is 11.6 Å². The van der Waals surface area contributed by atoms with Gasteiger partial charge in [0.25, 0.3) is 0 Å². The molecule has 13 heavy (non-hydrogen) atoms. The summed E-state index contributed by atoms with van der Waals surface area (Å²) in [6.45, 7) is 10.9. The highest BCUT2D eigenvalue weighted by Crippen LogP contribution is 2.27. The molecule has 1 saturated carbocycles. The molecule has 0 heterocycles. The predicted octanol–water partition coefficient (Wildman–Crippen LogP) is 3.69. The van der Waals surface area contributed by atoms with Gasteiger partial charge in [0.2, 0.25) is 0 Å². The molecule has 0 aromatic rings. The second-order valence-electron chi connectivity index (χ2n) is 4.72. The van der Waals surface area contributed by atoms with Crippen molar-refractivity contribution in [1.29, 1.82) is 0 Å². The first-order valence-electron chi connectivity index (χ1n) is 5.75. The van der Waals surface area contributed by atoms with Gasteiger partial charge in [0.1, 0.15) is 0 Å². The van der Waals surface area contributed by atoms with E-state index in [9.17, 15) is 0 Å². The highest BCUT2D eigenvalue weighted by Gasteiger charge is 2.27. The second kappa shape index (κ2) is 5.64. The first-order valence-corrected chi connectivity index (χ1v) is 5.75. The van der Waals surface area contributed by atoms with E-state index in [1.165, 1.54) is 25.7 Å². The summed E-state index contributed by atoms with van der Waals surface area (Å²) in [5.74, 6) is 0. The van der Waals surface area contributed by atoms with Crippen LogP contribution in [0.25, 0.3) is 0 Å². The standard InChI is InChI=1S/C10H21N.C2H6/c1-10(2,3)11(4)9-7-5-6-8-9;1-2/h9H,5-8H2,1-4H3;1-2H3. The minimum Gasteiger partial charge on any atom is -0.299 e. The Balaban J connectivity index is 0.000000671. The average Bonchev–Trinajstić information content (AvgIpc) is 2.57. The van der Waals surface area contributed by atoms with Crippen molar-refractivity contribution in [2.75, 3.05) is 7.05 Å². The van der Waals surface area contributed by atoms with E-state index < -0.39 is 0 Å². The summed E-state index contributed by atoms with van der Waals surface area (Å²) in [5, 5.41) is 0. The van der Waals surface area contributed by atoms with Gasteiger partial charge in [0.05, 0.1) is 0 Å². The Kier molecular flexibility index (Phi) is 5.62. The third-order valence-corrected chi connectivity index (χ3v) is 2.93. The summed E-state index contributed by atoms with van der Waals surface area (Å²) < 4.78 is 0. The zero-order valence-electron chi connectivity index (χ0n) is 10.4. The Morgan fingerprint density at radius 2 is 1.38 bits per heavy atom. The molecule has 0 aliphatic heterocycles. The van der Waals surface area contributed by atoms with Crippen LogP contribution < -0.4 is 0 Å². The fraction of sp³-hybridized carbons (Fsp3) is 1.00. The van der Waals surface area contributed by atoms with E-state index in [0.29, 0.717) is 5.54 Å². The van der Waals surface area contributed by atoms with E-state index in [1.807, 2.05) is 13.8 Å². The van der Waals surface area contributed by atoms with Crippen molar-refractivity contribution in [3.05, 3.63) is 0 Å². The lowest BCUT2D eigenvalue weighted by Gasteiger charge is -2.36. The van der Waals surface area contributed by atoms with E-state index in [0.717, 1.165) is 6.04 Å². The number of rotatable bonds is 1. The molecule has 1 aliphatic rings. The molecule has 1 nitrogen and oxygen atoms in total. The zero-order valence-corrected chi connectivity index (χ0v) is 10.4. The molecule has 0 N–H and O–H groups in total. The highest BCUT2D eigenvalue weighted by atomic mass is 15.2. The Bertz CT molecular complexity index is 118. The molecule has 0 aromatic carbocycles. The molecule has 80 valence electrons. The molecule has 1 rings (SSSR count). The van der Waals surface area contributed by atoms with Crippen molar-refractivity contribution < 1.29 is 0 Å². The molecule has 1 heteroatoms. The molecule has 1 aliphatic carbocycles. The number of nitrogens with zero attached hydrogens (tertiary/aromatic N) is 1. The lowest BCUT2D eigenvalue weighted by molar-refractivity contribution is 0.119. The molecule has 0 atom stereocenters. The SMILES string of the molecule is CC.CN(C1CCCC1)C(C)(C)C. The summed E-state index contributed by atoms with van der Waals surface area (Å²) in [4.78, 5) is 2.53. The van der Waals surface area contributed by atoms with E-state index in [2.05, 4.69) is 32.7 Å². The lowest BCUT2D eigenvalue weighted by Crippen LogP contribution is -2.44. The van der Waals surface area contributed by atoms with E-state index in [4.69, 9.17) is 0 Å². The van der Waals surface area contributed by atoms with Crippen LogP contribution in [0.2, 0.25) is 0 Å². The van der Waals surface area contributed by atoms with Crippen LogP contribution in [0.1, 0.15) is 60.3 Å². The van der Waals surface area contributed by atoms with Crippen molar-refractivity contribution in [2.24, 2.45) is 0 Å². The summed E-state index contributed by atoms with van der Waals surface area (Å²) in [5.41, 5.74) is 0.356. The molecule has 0 aromatic heterocycles. The predicted molar refractivity (Wildman–Crippen MR) is 61.1 cm³/mol. The monoisotopic (exact) mass is 185 g/mol. The molecular formula is C12H27N. The van der Waals surface area contributed by atoms with Crippen LogP contribution in [0, 0.1) is 0 Å². The van der Waals surface area contributed by atoms with E-state index in [-0.39, 0.29) is 0 Å². The van der Waals surface area contributed by atoms with Gasteiger partial charge in [-0.2, -0.15) is 0 Å². The molecule has 0 amide bonds. The topological polar surface area (TPSA) is 3.24 Å². The van der Waals surface area contributed by atoms with Crippen LogP contribution in [-0.2, 0) is 0 Å². The Morgan fingerprint density at radius 3 is 1.69 bits per heavy atom. The Labute approximate surface area is 84.5 Å². The van der Waals surface area contributed by atoms with Gasteiger partial charge in [0.15, 0.2) is 0 Å². The minimum atomic E-state index is 0.356. The van der Waals surface area contributed by atoms with Gasteiger partial charge >= 0.3 is 0 Å². The molecular weight excluding hydrogens is 158 g/mol. The van der Waals surface area contributed by atoms with Gasteiger partial charge in [-0.3, -0.25) is 4.90 Å². The third-order valence-electron chi connectivity index (χ3n) is 2.93. The van der Waals surface area contributed by atoms with Crippen LogP contribution in [0.15, 0.2) is 0 Å². The van der Waals surface area contributed by atoms with Gasteiger partial charge in [-0.05, 0) is 40.7 Å². The largest absolute Gasteiger partial charge is 0.299 e. The van der Waals surface area contributed by atoms with Crippen LogP contribution in [0.3, 0.4) is 0 Å². The average molecular weight is 185 g/mol. The zero-order chi connectivity index (χ0) is 10.5. The maximum Gasteiger partial charge on any atom is 0.0124 e. The highest BCUT2D eigenvalue weighted by molar-refractivity contribution is 4.83. The van der Waals surface area contributed by atoms with Crippen molar-refractivity contribution >= 4 is 0 Å². The van der Waals surface area contributed by atoms with Crippen molar-refractivity contribution in [1.82, 2.24) is 4.90 Å². The quantitative estimate of drug-likeness (QED) is 0.602. The maximum absolute atomic E-state index is 2.53. The van der Waals surface area contributed by atoms with Gasteiger partial charge in [-0.25, -0.2) is 0 Å². The summed E-state index contributed by atoms with van der Waals surface area (Å²) in [6, 6.07) is 0.856. The van der Waals surface area contributed by atoms with Crippen molar-refractivity contribution in [3.8, 4) is 0 Å². The second-order valence-corrected chi connectivity index (χ2v) is 4.72. The molecule has 0 unspecified atom stereocenters. The van der Waals surface area contributed by atoms with Crippen LogP contribution in [0.4, 0.5) is 0 Å².